The van der Waals surface area contributed by atoms with Gasteiger partial charge in [0.15, 0.2) is 9.84 Å². The molecule has 1 atom stereocenters. The van der Waals surface area contributed by atoms with Crippen molar-refractivity contribution < 1.29 is 13.2 Å². The Balaban J connectivity index is 1.60. The minimum absolute atomic E-state index is 0.00622. The minimum Gasteiger partial charge on any atom is -0.330 e. The monoisotopic (exact) mass is 551 g/mol. The van der Waals surface area contributed by atoms with Gasteiger partial charge in [-0.3, -0.25) is 4.79 Å². The smallest absolute Gasteiger partial charge is 0.254 e. The Morgan fingerprint density at radius 3 is 2.28 bits per heavy atom. The first kappa shape index (κ1) is 23.3. The average molecular weight is 553 g/mol. The Hall–Kier alpha value is -1.86. The van der Waals surface area contributed by atoms with Crippen molar-refractivity contribution in [2.75, 3.05) is 11.5 Å². The van der Waals surface area contributed by atoms with Crippen molar-refractivity contribution in [1.82, 2.24) is 4.90 Å². The summed E-state index contributed by atoms with van der Waals surface area (Å²) in [5.74, 6) is -0.0757. The number of hydrogen-bond donors (Lipinski definition) is 0. The lowest BCUT2D eigenvalue weighted by molar-refractivity contribution is 0.0681. The van der Waals surface area contributed by atoms with Gasteiger partial charge >= 0.3 is 0 Å². The van der Waals surface area contributed by atoms with Crippen molar-refractivity contribution in [1.29, 1.82) is 0 Å². The van der Waals surface area contributed by atoms with E-state index in [9.17, 15) is 13.2 Å². The molecular formula is C24H20BrCl2NO3S. The van der Waals surface area contributed by atoms with E-state index in [4.69, 9.17) is 23.2 Å². The summed E-state index contributed by atoms with van der Waals surface area (Å²) in [7, 11) is -3.13. The SMILES string of the molecule is O=C(c1ccc(Br)cc1)N(Cc1ccc(-c2ccc(Cl)cc2Cl)cc1)C1CCS(=O)(=O)C1. The van der Waals surface area contributed by atoms with Crippen LogP contribution in [-0.4, -0.2) is 36.8 Å². The van der Waals surface area contributed by atoms with Crippen LogP contribution in [-0.2, 0) is 16.4 Å². The lowest BCUT2D eigenvalue weighted by Gasteiger charge is -2.28. The number of sulfone groups is 1. The Morgan fingerprint density at radius 1 is 1.00 bits per heavy atom. The van der Waals surface area contributed by atoms with Gasteiger partial charge in [0.25, 0.3) is 5.91 Å². The maximum Gasteiger partial charge on any atom is 0.254 e. The van der Waals surface area contributed by atoms with E-state index in [-0.39, 0.29) is 23.5 Å². The van der Waals surface area contributed by atoms with Crippen LogP contribution in [0.4, 0.5) is 0 Å². The zero-order valence-corrected chi connectivity index (χ0v) is 20.9. The van der Waals surface area contributed by atoms with Gasteiger partial charge in [0, 0.05) is 38.2 Å². The summed E-state index contributed by atoms with van der Waals surface area (Å²) >= 11 is 15.7. The number of carbonyl (C=O) groups excluding carboxylic acids is 1. The van der Waals surface area contributed by atoms with Crippen LogP contribution in [0.25, 0.3) is 11.1 Å². The van der Waals surface area contributed by atoms with E-state index in [2.05, 4.69) is 15.9 Å². The molecule has 1 aliphatic rings. The number of halogens is 3. The number of rotatable bonds is 5. The third-order valence-electron chi connectivity index (χ3n) is 5.55. The third kappa shape index (κ3) is 5.37. The molecule has 1 fully saturated rings. The molecule has 1 aliphatic heterocycles. The highest BCUT2D eigenvalue weighted by molar-refractivity contribution is 9.10. The number of hydrogen-bond acceptors (Lipinski definition) is 3. The molecule has 1 heterocycles. The summed E-state index contributed by atoms with van der Waals surface area (Å²) in [6, 6.07) is 19.9. The van der Waals surface area contributed by atoms with E-state index in [1.165, 1.54) is 0 Å². The Kier molecular flexibility index (Phi) is 6.96. The first-order valence-corrected chi connectivity index (χ1v) is 13.4. The quantitative estimate of drug-likeness (QED) is 0.376. The van der Waals surface area contributed by atoms with E-state index in [1.54, 1.807) is 29.2 Å². The molecule has 0 bridgehead atoms. The van der Waals surface area contributed by atoms with Crippen LogP contribution in [0.2, 0.25) is 10.0 Å². The number of benzene rings is 3. The molecule has 0 radical (unpaired) electrons. The molecule has 3 aromatic carbocycles. The van der Waals surface area contributed by atoms with Crippen LogP contribution in [0, 0.1) is 0 Å². The van der Waals surface area contributed by atoms with E-state index in [0.29, 0.717) is 28.6 Å². The molecule has 4 nitrogen and oxygen atoms in total. The topological polar surface area (TPSA) is 54.5 Å². The highest BCUT2D eigenvalue weighted by Crippen LogP contribution is 2.31. The predicted octanol–water partition coefficient (Wildman–Crippen LogP) is 6.25. The van der Waals surface area contributed by atoms with Crippen molar-refractivity contribution in [2.24, 2.45) is 0 Å². The van der Waals surface area contributed by atoms with Gasteiger partial charge in [0.05, 0.1) is 11.5 Å². The normalized spacial score (nSPS) is 17.3. The summed E-state index contributed by atoms with van der Waals surface area (Å²) in [6.07, 6.45) is 0.447. The third-order valence-corrected chi connectivity index (χ3v) is 8.38. The molecule has 0 aromatic heterocycles. The second-order valence-corrected chi connectivity index (χ2v) is 11.8. The second kappa shape index (κ2) is 9.56. The molecule has 0 aliphatic carbocycles. The van der Waals surface area contributed by atoms with Gasteiger partial charge in [0.1, 0.15) is 0 Å². The number of nitrogens with zero attached hydrogens (tertiary/aromatic N) is 1. The maximum atomic E-state index is 13.3. The van der Waals surface area contributed by atoms with Crippen LogP contribution in [0.15, 0.2) is 71.2 Å². The van der Waals surface area contributed by atoms with E-state index in [0.717, 1.165) is 21.2 Å². The van der Waals surface area contributed by atoms with E-state index < -0.39 is 9.84 Å². The first-order valence-electron chi connectivity index (χ1n) is 10.0. The molecule has 1 saturated heterocycles. The fraction of sp³-hybridized carbons (Fsp3) is 0.208. The van der Waals surface area contributed by atoms with Crippen molar-refractivity contribution in [2.45, 2.75) is 19.0 Å². The summed E-state index contributed by atoms with van der Waals surface area (Å²) in [4.78, 5) is 15.0. The van der Waals surface area contributed by atoms with Crippen molar-refractivity contribution >= 4 is 54.9 Å². The standard InChI is InChI=1S/C24H20BrCl2NO3S/c25-19-7-5-18(6-8-19)24(29)28(21-11-12-32(30,31)15-21)14-16-1-3-17(4-2-16)22-10-9-20(26)13-23(22)27/h1-10,13,21H,11-12,14-15H2. The van der Waals surface area contributed by atoms with E-state index in [1.807, 2.05) is 42.5 Å². The van der Waals surface area contributed by atoms with Gasteiger partial charge in [-0.15, -0.1) is 0 Å². The molecule has 4 rings (SSSR count). The fourth-order valence-corrected chi connectivity index (χ4v) is 6.37. The number of amides is 1. The summed E-state index contributed by atoms with van der Waals surface area (Å²) < 4.78 is 25.1. The lowest BCUT2D eigenvalue weighted by Crippen LogP contribution is -2.40. The molecular weight excluding hydrogens is 533 g/mol. The van der Waals surface area contributed by atoms with Gasteiger partial charge in [-0.1, -0.05) is 69.5 Å². The van der Waals surface area contributed by atoms with Crippen LogP contribution < -0.4 is 0 Å². The summed E-state index contributed by atoms with van der Waals surface area (Å²) in [5.41, 5.74) is 3.24. The van der Waals surface area contributed by atoms with E-state index >= 15 is 0 Å². The number of carbonyl (C=O) groups is 1. The first-order chi connectivity index (χ1) is 15.2. The molecule has 0 spiro atoms. The Morgan fingerprint density at radius 2 is 1.69 bits per heavy atom. The van der Waals surface area contributed by atoms with Gasteiger partial charge in [0.2, 0.25) is 0 Å². The highest BCUT2D eigenvalue weighted by atomic mass is 79.9. The fourth-order valence-electron chi connectivity index (χ4n) is 3.86. The van der Waals surface area contributed by atoms with Crippen LogP contribution >= 0.6 is 39.1 Å². The molecule has 166 valence electrons. The zero-order valence-electron chi connectivity index (χ0n) is 17.0. The maximum absolute atomic E-state index is 13.3. The van der Waals surface area contributed by atoms with Crippen molar-refractivity contribution in [3.63, 3.8) is 0 Å². The van der Waals surface area contributed by atoms with Gasteiger partial charge in [-0.05, 0) is 53.9 Å². The molecule has 0 N–H and O–H groups in total. The largest absolute Gasteiger partial charge is 0.330 e. The van der Waals surface area contributed by atoms with Crippen LogP contribution in [0.5, 0.6) is 0 Å². The Bertz CT molecular complexity index is 1250. The molecule has 0 saturated carbocycles. The minimum atomic E-state index is -3.13. The zero-order chi connectivity index (χ0) is 22.9. The molecule has 32 heavy (non-hydrogen) atoms. The van der Waals surface area contributed by atoms with Crippen LogP contribution in [0.1, 0.15) is 22.3 Å². The van der Waals surface area contributed by atoms with Crippen LogP contribution in [0.3, 0.4) is 0 Å². The van der Waals surface area contributed by atoms with Crippen molar-refractivity contribution in [3.8, 4) is 11.1 Å². The summed E-state index contributed by atoms with van der Waals surface area (Å²) in [6.45, 7) is 0.323. The predicted molar refractivity (Wildman–Crippen MR) is 133 cm³/mol. The highest BCUT2D eigenvalue weighted by Gasteiger charge is 2.35. The van der Waals surface area contributed by atoms with Gasteiger partial charge < -0.3 is 4.90 Å². The molecule has 3 aromatic rings. The van der Waals surface area contributed by atoms with Crippen molar-refractivity contribution in [3.05, 3.63) is 92.4 Å². The van der Waals surface area contributed by atoms with Gasteiger partial charge in [-0.25, -0.2) is 8.42 Å². The summed E-state index contributed by atoms with van der Waals surface area (Å²) in [5, 5.41) is 1.14. The average Bonchev–Trinajstić information content (AvgIpc) is 3.12. The molecule has 1 amide bonds. The molecule has 8 heteroatoms. The lowest BCUT2D eigenvalue weighted by atomic mass is 10.0. The Labute approximate surface area is 206 Å². The van der Waals surface area contributed by atoms with Gasteiger partial charge in [-0.2, -0.15) is 0 Å². The second-order valence-electron chi connectivity index (χ2n) is 7.82. The molecule has 1 unspecified atom stereocenters.